The molecule has 0 aliphatic heterocycles. The summed E-state index contributed by atoms with van der Waals surface area (Å²) in [4.78, 5) is 0. The largest absolute Gasteiger partial charge is 0 e. The van der Waals surface area contributed by atoms with Crippen LogP contribution >= 0.6 is 0 Å². The Morgan fingerprint density at radius 3 is 1.00 bits per heavy atom. The molecular formula is H5AlFeIrOsPbW. The fraction of sp³-hybridized carbons (Fsp3) is 0. The molecule has 0 saturated heterocycles. The van der Waals surface area contributed by atoms with E-state index in [9.17, 15) is 0 Å². The zero-order valence-electron chi connectivity index (χ0n) is 2.16. The van der Waals surface area contributed by atoms with Crippen molar-refractivity contribution in [2.75, 3.05) is 0 Å². The fourth-order valence-corrected chi connectivity index (χ4v) is 0. The molecule has 0 atom stereocenters. The minimum Gasteiger partial charge on any atom is 0 e. The summed E-state index contributed by atoms with van der Waals surface area (Å²) in [6, 6.07) is 0. The quantitative estimate of drug-likeness (QED) is 0.245. The van der Waals surface area contributed by atoms with Gasteiger partial charge in [-0.3, -0.25) is 0 Å². The Morgan fingerprint density at radius 1 is 1.00 bits per heavy atom. The van der Waals surface area contributed by atoms with Crippen LogP contribution in [0.5, 0.6) is 0 Å². The van der Waals surface area contributed by atoms with Crippen molar-refractivity contribution in [1.29, 1.82) is 0 Å². The second kappa shape index (κ2) is 36.3. The Kier molecular flexibility index (Phi) is 309. The number of hydrogen-bond acceptors (Lipinski definition) is 0. The van der Waals surface area contributed by atoms with Gasteiger partial charge in [0.05, 0.1) is 0 Å². The zero-order valence-corrected chi connectivity index (χ0v) is 16.6. The van der Waals surface area contributed by atoms with Gasteiger partial charge in [-0.25, -0.2) is 0 Å². The molecule has 0 aromatic rings. The van der Waals surface area contributed by atoms with Crippen molar-refractivity contribution in [2.45, 2.75) is 0 Å². The predicted octanol–water partition coefficient (Wildman–Crippen LogP) is -2.11. The van der Waals surface area contributed by atoms with Crippen LogP contribution in [0, 0.1) is 0 Å². The van der Waals surface area contributed by atoms with Crippen molar-refractivity contribution < 1.29 is 78.0 Å². The first-order chi connectivity index (χ1) is 0. The minimum absolute atomic E-state index is 0. The molecule has 0 spiro atoms. The van der Waals surface area contributed by atoms with E-state index in [0.29, 0.717) is 0 Å². The fourth-order valence-electron chi connectivity index (χ4n) is 0. The topological polar surface area (TPSA) is 0 Å². The Labute approximate surface area is 120 Å². The second-order valence-electron chi connectivity index (χ2n) is 0. The number of rotatable bonds is 0. The molecule has 6 heteroatoms. The SMILES string of the molecule is [AlH3].[Fe].[Ir].[Os].[PbH2].[W]. The number of hydrogen-bond donors (Lipinski definition) is 0. The van der Waals surface area contributed by atoms with Crippen LogP contribution in [0.4, 0.5) is 0 Å². The average Bonchev–Trinajstić information content (AvgIpc) is 0. The van der Waals surface area contributed by atoms with Crippen LogP contribution in [0.15, 0.2) is 0 Å². The third-order valence-electron chi connectivity index (χ3n) is 0. The first-order valence-corrected chi connectivity index (χ1v) is 0. The van der Waals surface area contributed by atoms with Crippen molar-refractivity contribution in [2.24, 2.45) is 0 Å². The summed E-state index contributed by atoms with van der Waals surface area (Å²) in [5.41, 5.74) is 0. The van der Waals surface area contributed by atoms with Gasteiger partial charge in [-0.2, -0.15) is 0 Å². The molecule has 0 bridgehead atoms. The molecule has 0 aromatic carbocycles. The summed E-state index contributed by atoms with van der Waals surface area (Å²) in [5, 5.41) is 0. The van der Waals surface area contributed by atoms with Crippen LogP contribution in [-0.2, 0) is 78.0 Å². The van der Waals surface area contributed by atoms with Gasteiger partial charge >= 0.3 is 27.3 Å². The Morgan fingerprint density at radius 2 is 1.00 bits per heavy atom. The van der Waals surface area contributed by atoms with Gasteiger partial charge in [0.2, 0.25) is 0 Å². The van der Waals surface area contributed by atoms with Crippen LogP contribution < -0.4 is 0 Å². The summed E-state index contributed by atoms with van der Waals surface area (Å²) >= 11 is 0. The smallest absolute Gasteiger partial charge is 0 e. The van der Waals surface area contributed by atoms with E-state index >= 15 is 0 Å². The summed E-state index contributed by atoms with van der Waals surface area (Å²) < 4.78 is 0. The van der Waals surface area contributed by atoms with Gasteiger partial charge in [-0.15, -0.1) is 0 Å². The molecule has 0 rings (SSSR count). The molecule has 0 unspecified atom stereocenters. The van der Waals surface area contributed by atoms with Crippen molar-refractivity contribution >= 4 is 44.7 Å². The summed E-state index contributed by atoms with van der Waals surface area (Å²) in [5.74, 6) is 0. The molecule has 6 heavy (non-hydrogen) atoms. The second-order valence-corrected chi connectivity index (χ2v) is 0. The third-order valence-corrected chi connectivity index (χ3v) is 0. The van der Waals surface area contributed by atoms with Crippen molar-refractivity contribution in [3.63, 3.8) is 0 Å². The Balaban J connectivity index is 0. The molecule has 0 heterocycles. The molecule has 0 N–H and O–H groups in total. The molecular weight excluding hydrogens is 856 g/mol. The predicted molar refractivity (Wildman–Crippen MR) is 18.5 cm³/mol. The molecule has 0 nitrogen and oxygen atoms in total. The van der Waals surface area contributed by atoms with Gasteiger partial charge < -0.3 is 0 Å². The molecule has 43 valence electrons. The maximum absolute atomic E-state index is 0. The van der Waals surface area contributed by atoms with Gasteiger partial charge in [0.15, 0.2) is 17.4 Å². The van der Waals surface area contributed by atoms with Crippen molar-refractivity contribution in [3.8, 4) is 0 Å². The van der Waals surface area contributed by atoms with E-state index in [-0.39, 0.29) is 123 Å². The van der Waals surface area contributed by atoms with E-state index < -0.39 is 0 Å². The first kappa shape index (κ1) is 51.1. The maximum atomic E-state index is 0. The van der Waals surface area contributed by atoms with Gasteiger partial charge in [0.1, 0.15) is 0 Å². The Bertz CT molecular complexity index is 15.5. The zero-order chi connectivity index (χ0) is 0. The van der Waals surface area contributed by atoms with Crippen LogP contribution in [0.3, 0.4) is 0 Å². The van der Waals surface area contributed by atoms with Crippen LogP contribution in [0.2, 0.25) is 0 Å². The van der Waals surface area contributed by atoms with Gasteiger partial charge in [-0.1, -0.05) is 0 Å². The monoisotopic (exact) mass is 865 g/mol. The molecule has 3 radical (unpaired) electrons. The van der Waals surface area contributed by atoms with Gasteiger partial charge in [0, 0.05) is 78.0 Å². The van der Waals surface area contributed by atoms with E-state index in [1.54, 1.807) is 0 Å². The third kappa shape index (κ3) is 24.6. The molecule has 0 saturated carbocycles. The van der Waals surface area contributed by atoms with Crippen LogP contribution in [-0.4, -0.2) is 44.7 Å². The van der Waals surface area contributed by atoms with Crippen molar-refractivity contribution in [1.82, 2.24) is 0 Å². The minimum atomic E-state index is 0. The van der Waals surface area contributed by atoms with Gasteiger partial charge in [0.25, 0.3) is 0 Å². The summed E-state index contributed by atoms with van der Waals surface area (Å²) in [7, 11) is 0. The maximum Gasteiger partial charge on any atom is 0 e. The molecule has 0 amide bonds. The first-order valence-electron chi connectivity index (χ1n) is 0. The van der Waals surface area contributed by atoms with E-state index in [2.05, 4.69) is 0 Å². The standard InChI is InChI=1S/Al.Fe.Ir.Os.Pb.W.5H. The van der Waals surface area contributed by atoms with Crippen LogP contribution in [0.1, 0.15) is 0 Å². The van der Waals surface area contributed by atoms with E-state index in [0.717, 1.165) is 0 Å². The molecule has 0 aliphatic carbocycles. The summed E-state index contributed by atoms with van der Waals surface area (Å²) in [6.45, 7) is 0. The summed E-state index contributed by atoms with van der Waals surface area (Å²) in [6.07, 6.45) is 0. The van der Waals surface area contributed by atoms with Crippen molar-refractivity contribution in [3.05, 3.63) is 0 Å². The molecule has 0 fully saturated rings. The molecule has 0 aromatic heterocycles. The van der Waals surface area contributed by atoms with Crippen LogP contribution in [0.25, 0.3) is 0 Å². The van der Waals surface area contributed by atoms with E-state index in [1.165, 1.54) is 0 Å². The normalized spacial score (nSPS) is 0. The van der Waals surface area contributed by atoms with E-state index in [4.69, 9.17) is 0 Å². The van der Waals surface area contributed by atoms with E-state index in [1.807, 2.05) is 0 Å². The Hall–Kier alpha value is 3.95. The molecule has 0 aliphatic rings. The average molecular weight is 861 g/mol. The van der Waals surface area contributed by atoms with Gasteiger partial charge in [-0.05, 0) is 0 Å².